The van der Waals surface area contributed by atoms with Crippen molar-refractivity contribution in [1.82, 2.24) is 0 Å². The van der Waals surface area contributed by atoms with Crippen LogP contribution in [0, 0.1) is 40.7 Å². The van der Waals surface area contributed by atoms with E-state index in [1.807, 2.05) is 12.1 Å². The van der Waals surface area contributed by atoms with Crippen molar-refractivity contribution in [1.29, 1.82) is 0 Å². The average Bonchev–Trinajstić information content (AvgIpc) is 3.23. The molecule has 1 saturated carbocycles. The first kappa shape index (κ1) is 23.5. The second kappa shape index (κ2) is 7.92. The minimum absolute atomic E-state index is 0.0833. The molecule has 0 unspecified atom stereocenters. The van der Waals surface area contributed by atoms with Gasteiger partial charge in [0.05, 0.1) is 24.2 Å². The fourth-order valence-corrected chi connectivity index (χ4v) is 7.57. The van der Waals surface area contributed by atoms with E-state index in [1.165, 1.54) is 18.3 Å². The number of nitrogens with zero attached hydrogens (tertiary/aromatic N) is 1. The Morgan fingerprint density at radius 2 is 1.77 bits per heavy atom. The summed E-state index contributed by atoms with van der Waals surface area (Å²) in [6.45, 7) is 10.6. The summed E-state index contributed by atoms with van der Waals surface area (Å²) in [4.78, 5) is 23.7. The lowest BCUT2D eigenvalue weighted by atomic mass is 9.35. The highest BCUT2D eigenvalue weighted by Gasteiger charge is 2.71. The van der Waals surface area contributed by atoms with E-state index >= 15 is 0 Å². The molecular weight excluding hydrogens is 446 g/mol. The van der Waals surface area contributed by atoms with Crippen molar-refractivity contribution in [2.24, 2.45) is 16.7 Å². The Morgan fingerprint density at radius 3 is 2.40 bits per heavy atom. The number of rotatable bonds is 4. The van der Waals surface area contributed by atoms with Gasteiger partial charge in [-0.1, -0.05) is 42.4 Å². The second-order valence-corrected chi connectivity index (χ2v) is 10.6. The largest absolute Gasteiger partial charge is 0.468 e. The van der Waals surface area contributed by atoms with Crippen molar-refractivity contribution in [2.45, 2.75) is 53.1 Å². The highest BCUT2D eigenvalue weighted by atomic mass is 16.6. The maximum Gasteiger partial charge on any atom is 0.291 e. The number of ether oxygens (including phenoxy) is 2. The molecule has 7 nitrogen and oxygen atoms in total. The fourth-order valence-electron chi connectivity index (χ4n) is 7.57. The van der Waals surface area contributed by atoms with Crippen molar-refractivity contribution in [3.63, 3.8) is 0 Å². The summed E-state index contributed by atoms with van der Waals surface area (Å²) in [7, 11) is 1.49. The van der Waals surface area contributed by atoms with Gasteiger partial charge in [-0.15, -0.1) is 0 Å². The number of benzene rings is 1. The van der Waals surface area contributed by atoms with Gasteiger partial charge < -0.3 is 13.9 Å². The van der Waals surface area contributed by atoms with Gasteiger partial charge in [0.1, 0.15) is 11.9 Å². The third-order valence-corrected chi connectivity index (χ3v) is 8.44. The number of fused-ring (bicyclic) bond motifs is 2. The molecule has 35 heavy (non-hydrogen) atoms. The topological polar surface area (TPSA) is 91.8 Å². The van der Waals surface area contributed by atoms with E-state index in [0.717, 1.165) is 5.56 Å². The van der Waals surface area contributed by atoms with Gasteiger partial charge in [-0.05, 0) is 45.6 Å². The van der Waals surface area contributed by atoms with E-state index in [9.17, 15) is 14.9 Å². The van der Waals surface area contributed by atoms with Crippen LogP contribution in [0.4, 0.5) is 5.69 Å². The smallest absolute Gasteiger partial charge is 0.291 e. The highest BCUT2D eigenvalue weighted by Crippen LogP contribution is 2.76. The Morgan fingerprint density at radius 1 is 1.09 bits per heavy atom. The van der Waals surface area contributed by atoms with E-state index in [-0.39, 0.29) is 50.8 Å². The molecule has 3 aliphatic rings. The molecule has 2 heterocycles. The van der Waals surface area contributed by atoms with Gasteiger partial charge >= 0.3 is 0 Å². The summed E-state index contributed by atoms with van der Waals surface area (Å²) in [6, 6.07) is 6.94. The SMILES string of the molecule is COc1oc([C@H]2C[C@]3(CO2)[C@H](c2ccc([N+](=O)[O-])cc2)[C@]2(C)C=C(C)C=C(C)[C@@H]23)c(C)c(=O)c1C. The third kappa shape index (κ3) is 3.24. The molecule has 2 aromatic rings. The second-order valence-electron chi connectivity index (χ2n) is 10.6. The van der Waals surface area contributed by atoms with Crippen LogP contribution in [-0.4, -0.2) is 18.6 Å². The van der Waals surface area contributed by atoms with Gasteiger partial charge in [0.2, 0.25) is 0 Å². The van der Waals surface area contributed by atoms with Gasteiger partial charge in [-0.25, -0.2) is 0 Å². The van der Waals surface area contributed by atoms with Gasteiger partial charge in [-0.2, -0.15) is 0 Å². The van der Waals surface area contributed by atoms with Crippen molar-refractivity contribution < 1.29 is 18.8 Å². The Bertz CT molecular complexity index is 1340. The lowest BCUT2D eigenvalue weighted by Crippen LogP contribution is -2.62. The molecule has 0 bridgehead atoms. The van der Waals surface area contributed by atoms with Crippen LogP contribution in [0.15, 0.2) is 56.8 Å². The van der Waals surface area contributed by atoms with Gasteiger partial charge in [0.25, 0.3) is 11.6 Å². The number of hydrogen-bond donors (Lipinski definition) is 0. The monoisotopic (exact) mass is 477 g/mol. The standard InChI is InChI=1S/C28H31NO6/c1-15-11-16(2)24-27(5,12-15)25(19-7-9-20(10-8-19)29(31)32)28(24)13-21(34-14-28)23-17(3)22(30)18(4)26(33-6)35-23/h7-12,21,24-25H,13-14H2,1-6H3/t21-,24+,25-,27-,28-/m1/s1. The van der Waals surface area contributed by atoms with Crippen LogP contribution in [0.1, 0.15) is 61.7 Å². The summed E-state index contributed by atoms with van der Waals surface area (Å²) in [5, 5.41) is 11.3. The molecule has 0 N–H and O–H groups in total. The highest BCUT2D eigenvalue weighted by molar-refractivity contribution is 5.48. The molecule has 1 spiro atoms. The van der Waals surface area contributed by atoms with Crippen LogP contribution in [-0.2, 0) is 4.74 Å². The number of non-ortho nitro benzene ring substituents is 1. The number of methoxy groups -OCH3 is 1. The molecule has 1 aliphatic heterocycles. The Kier molecular flexibility index (Phi) is 5.33. The summed E-state index contributed by atoms with van der Waals surface area (Å²) >= 11 is 0. The first-order chi connectivity index (χ1) is 16.5. The van der Waals surface area contributed by atoms with Crippen LogP contribution in [0.2, 0.25) is 0 Å². The van der Waals surface area contributed by atoms with Crippen molar-refractivity contribution >= 4 is 5.69 Å². The predicted molar refractivity (Wildman–Crippen MR) is 132 cm³/mol. The first-order valence-electron chi connectivity index (χ1n) is 12.0. The molecule has 1 saturated heterocycles. The Hall–Kier alpha value is -3.19. The Labute approximate surface area is 204 Å². The van der Waals surface area contributed by atoms with E-state index < -0.39 is 0 Å². The summed E-state index contributed by atoms with van der Waals surface area (Å²) in [5.41, 5.74) is 4.23. The van der Waals surface area contributed by atoms with Crippen LogP contribution in [0.25, 0.3) is 0 Å². The minimum Gasteiger partial charge on any atom is -0.468 e. The normalized spacial score (nSPS) is 31.4. The molecule has 0 amide bonds. The molecule has 184 valence electrons. The molecule has 0 radical (unpaired) electrons. The van der Waals surface area contributed by atoms with Gasteiger partial charge in [0, 0.05) is 34.4 Å². The summed E-state index contributed by atoms with van der Waals surface area (Å²) in [5.74, 6) is 1.10. The Balaban J connectivity index is 1.60. The van der Waals surface area contributed by atoms with E-state index in [1.54, 1.807) is 26.0 Å². The van der Waals surface area contributed by atoms with Gasteiger partial charge in [0.15, 0.2) is 5.43 Å². The number of hydrogen-bond acceptors (Lipinski definition) is 6. The lowest BCUT2D eigenvalue weighted by molar-refractivity contribution is -0.384. The molecule has 5 atom stereocenters. The molecule has 2 fully saturated rings. The number of nitro groups is 1. The average molecular weight is 478 g/mol. The van der Waals surface area contributed by atoms with Crippen LogP contribution in [0.5, 0.6) is 5.95 Å². The van der Waals surface area contributed by atoms with Crippen molar-refractivity contribution in [3.8, 4) is 5.95 Å². The number of allylic oxidation sites excluding steroid dienone is 4. The maximum atomic E-state index is 12.8. The van der Waals surface area contributed by atoms with Crippen LogP contribution < -0.4 is 10.2 Å². The van der Waals surface area contributed by atoms with Crippen LogP contribution >= 0.6 is 0 Å². The first-order valence-corrected chi connectivity index (χ1v) is 12.0. The molecular formula is C28H31NO6. The quantitative estimate of drug-likeness (QED) is 0.399. The lowest BCUT2D eigenvalue weighted by Gasteiger charge is -2.67. The minimum atomic E-state index is -0.373. The van der Waals surface area contributed by atoms with Crippen molar-refractivity contribution in [3.05, 3.63) is 90.4 Å². The molecule has 2 aliphatic carbocycles. The zero-order valence-corrected chi connectivity index (χ0v) is 21.0. The van der Waals surface area contributed by atoms with Crippen molar-refractivity contribution in [2.75, 3.05) is 13.7 Å². The van der Waals surface area contributed by atoms with E-state index in [0.29, 0.717) is 29.9 Å². The zero-order chi connectivity index (χ0) is 25.3. The molecule has 1 aromatic carbocycles. The van der Waals surface area contributed by atoms with E-state index in [4.69, 9.17) is 13.9 Å². The third-order valence-electron chi connectivity index (χ3n) is 8.44. The molecule has 1 aromatic heterocycles. The maximum absolute atomic E-state index is 12.8. The summed E-state index contributed by atoms with van der Waals surface area (Å²) in [6.07, 6.45) is 4.90. The molecule has 5 rings (SSSR count). The fraction of sp³-hybridized carbons (Fsp3) is 0.464. The molecule has 7 heteroatoms. The van der Waals surface area contributed by atoms with E-state index in [2.05, 4.69) is 32.9 Å². The number of nitro benzene ring substituents is 1. The predicted octanol–water partition coefficient (Wildman–Crippen LogP) is 5.95. The summed E-state index contributed by atoms with van der Waals surface area (Å²) < 4.78 is 17.8. The van der Waals surface area contributed by atoms with Gasteiger partial charge in [-0.3, -0.25) is 14.9 Å². The van der Waals surface area contributed by atoms with Crippen LogP contribution in [0.3, 0.4) is 0 Å². The zero-order valence-electron chi connectivity index (χ0n) is 21.0.